The normalized spacial score (nSPS) is 11.1. The van der Waals surface area contributed by atoms with Crippen molar-refractivity contribution in [1.29, 1.82) is 0 Å². The molecule has 0 unspecified atom stereocenters. The molecule has 0 aliphatic carbocycles. The van der Waals surface area contributed by atoms with Crippen LogP contribution in [0, 0.1) is 6.92 Å². The Labute approximate surface area is 146 Å². The second-order valence-corrected chi connectivity index (χ2v) is 7.19. The van der Waals surface area contributed by atoms with E-state index in [0.29, 0.717) is 0 Å². The molecule has 0 radical (unpaired) electrons. The number of carbonyl (C=O) groups excluding carboxylic acids is 1. The number of carbonyl (C=O) groups is 1. The highest BCUT2D eigenvalue weighted by atomic mass is 79.9. The van der Waals surface area contributed by atoms with Crippen LogP contribution in [-0.4, -0.2) is 11.6 Å². The number of aryl methyl sites for hydroxylation is 1. The van der Waals surface area contributed by atoms with E-state index in [1.54, 1.807) is 0 Å². The molecule has 1 amide bonds. The Kier molecular flexibility index (Phi) is 5.83. The van der Waals surface area contributed by atoms with Gasteiger partial charge in [0.1, 0.15) is 6.61 Å². The maximum Gasteiger partial charge on any atom is 0.407 e. The van der Waals surface area contributed by atoms with Crippen molar-refractivity contribution in [3.05, 3.63) is 69.7 Å². The average molecular weight is 376 g/mol. The van der Waals surface area contributed by atoms with E-state index in [2.05, 4.69) is 40.3 Å². The number of amides is 1. The molecule has 0 aliphatic heterocycles. The zero-order valence-corrected chi connectivity index (χ0v) is 15.3. The molecule has 2 aromatic carbocycles. The smallest absolute Gasteiger partial charge is 0.407 e. The summed E-state index contributed by atoms with van der Waals surface area (Å²) in [6.45, 7) is 6.32. The van der Waals surface area contributed by atoms with E-state index in [1.165, 1.54) is 11.1 Å². The summed E-state index contributed by atoms with van der Waals surface area (Å²) < 4.78 is 6.38. The Morgan fingerprint density at radius 1 is 1.13 bits per heavy atom. The molecular weight excluding hydrogens is 354 g/mol. The Morgan fingerprint density at radius 2 is 1.83 bits per heavy atom. The number of halogens is 1. The fraction of sp³-hybridized carbons (Fsp3) is 0.316. The molecule has 122 valence electrons. The predicted molar refractivity (Wildman–Crippen MR) is 96.4 cm³/mol. The highest BCUT2D eigenvalue weighted by molar-refractivity contribution is 9.10. The molecule has 0 atom stereocenters. The molecule has 4 heteroatoms. The van der Waals surface area contributed by atoms with Gasteiger partial charge in [0, 0.05) is 10.0 Å². The fourth-order valence-electron chi connectivity index (χ4n) is 2.41. The van der Waals surface area contributed by atoms with Gasteiger partial charge in [-0.1, -0.05) is 58.4 Å². The Balaban J connectivity index is 1.89. The van der Waals surface area contributed by atoms with Gasteiger partial charge in [0.2, 0.25) is 0 Å². The van der Waals surface area contributed by atoms with Crippen molar-refractivity contribution in [2.75, 3.05) is 0 Å². The minimum atomic E-state index is -0.396. The summed E-state index contributed by atoms with van der Waals surface area (Å²) in [4.78, 5) is 12.0. The second-order valence-electron chi connectivity index (χ2n) is 6.33. The van der Waals surface area contributed by atoms with Crippen LogP contribution in [0.5, 0.6) is 0 Å². The molecule has 0 fully saturated rings. The average Bonchev–Trinajstić information content (AvgIpc) is 2.49. The molecule has 2 rings (SSSR count). The summed E-state index contributed by atoms with van der Waals surface area (Å²) in [5.41, 5.74) is 2.96. The van der Waals surface area contributed by atoms with Crippen molar-refractivity contribution in [3.63, 3.8) is 0 Å². The lowest BCUT2D eigenvalue weighted by Gasteiger charge is -2.26. The molecule has 0 aromatic heterocycles. The number of nitrogens with one attached hydrogen (secondary N) is 1. The lowest BCUT2D eigenvalue weighted by atomic mass is 9.94. The standard InChI is InChI=1S/C19H22BrNO2/c1-14-11-16(9-10-17(14)20)12-19(2,3)21-18(22)23-13-15-7-5-4-6-8-15/h4-11H,12-13H2,1-3H3,(H,21,22). The van der Waals surface area contributed by atoms with Crippen LogP contribution in [-0.2, 0) is 17.8 Å². The van der Waals surface area contributed by atoms with Crippen molar-refractivity contribution in [2.24, 2.45) is 0 Å². The number of ether oxygens (including phenoxy) is 1. The van der Waals surface area contributed by atoms with Crippen molar-refractivity contribution < 1.29 is 9.53 Å². The minimum absolute atomic E-state index is 0.278. The first-order valence-corrected chi connectivity index (χ1v) is 8.39. The summed E-state index contributed by atoms with van der Waals surface area (Å²) in [7, 11) is 0. The summed E-state index contributed by atoms with van der Waals surface area (Å²) >= 11 is 3.50. The largest absolute Gasteiger partial charge is 0.445 e. The molecule has 0 aliphatic rings. The summed E-state index contributed by atoms with van der Waals surface area (Å²) in [5.74, 6) is 0. The van der Waals surface area contributed by atoms with Gasteiger partial charge in [-0.15, -0.1) is 0 Å². The van der Waals surface area contributed by atoms with Gasteiger partial charge in [0.15, 0.2) is 0 Å². The van der Waals surface area contributed by atoms with Crippen LogP contribution in [0.2, 0.25) is 0 Å². The van der Waals surface area contributed by atoms with Crippen molar-refractivity contribution in [2.45, 2.75) is 39.3 Å². The Morgan fingerprint density at radius 3 is 2.48 bits per heavy atom. The number of hydrogen-bond acceptors (Lipinski definition) is 2. The number of hydrogen-bond donors (Lipinski definition) is 1. The monoisotopic (exact) mass is 375 g/mol. The van der Waals surface area contributed by atoms with E-state index < -0.39 is 6.09 Å². The van der Waals surface area contributed by atoms with E-state index >= 15 is 0 Å². The molecule has 0 bridgehead atoms. The lowest BCUT2D eigenvalue weighted by molar-refractivity contribution is 0.129. The van der Waals surface area contributed by atoms with Crippen molar-refractivity contribution in [1.82, 2.24) is 5.32 Å². The zero-order chi connectivity index (χ0) is 16.9. The highest BCUT2D eigenvalue weighted by Gasteiger charge is 2.22. The molecular formula is C19H22BrNO2. The van der Waals surface area contributed by atoms with Crippen LogP contribution in [0.4, 0.5) is 4.79 Å². The molecule has 0 saturated carbocycles. The third kappa shape index (κ3) is 5.71. The topological polar surface area (TPSA) is 38.3 Å². The van der Waals surface area contributed by atoms with Crippen LogP contribution in [0.1, 0.15) is 30.5 Å². The zero-order valence-electron chi connectivity index (χ0n) is 13.7. The van der Waals surface area contributed by atoms with Crippen molar-refractivity contribution in [3.8, 4) is 0 Å². The molecule has 0 spiro atoms. The van der Waals surface area contributed by atoms with Gasteiger partial charge in [-0.25, -0.2) is 4.79 Å². The predicted octanol–water partition coefficient (Wildman–Crippen LogP) is 5.01. The molecule has 1 N–H and O–H groups in total. The van der Waals surface area contributed by atoms with Gasteiger partial charge < -0.3 is 10.1 Å². The van der Waals surface area contributed by atoms with Gasteiger partial charge in [0.05, 0.1) is 0 Å². The van der Waals surface area contributed by atoms with Gasteiger partial charge in [0.25, 0.3) is 0 Å². The number of alkyl carbamates (subject to hydrolysis) is 1. The van der Waals surface area contributed by atoms with Gasteiger partial charge >= 0.3 is 6.09 Å². The quantitative estimate of drug-likeness (QED) is 0.797. The van der Waals surface area contributed by atoms with Crippen LogP contribution in [0.25, 0.3) is 0 Å². The van der Waals surface area contributed by atoms with Crippen LogP contribution >= 0.6 is 15.9 Å². The van der Waals surface area contributed by atoms with Gasteiger partial charge in [-0.3, -0.25) is 0 Å². The minimum Gasteiger partial charge on any atom is -0.445 e. The van der Waals surface area contributed by atoms with Gasteiger partial charge in [-0.05, 0) is 49.9 Å². The van der Waals surface area contributed by atoms with E-state index in [9.17, 15) is 4.79 Å². The van der Waals surface area contributed by atoms with E-state index in [4.69, 9.17) is 4.74 Å². The molecule has 3 nitrogen and oxygen atoms in total. The molecule has 0 heterocycles. The third-order valence-electron chi connectivity index (χ3n) is 3.52. The maximum atomic E-state index is 12.0. The Bertz CT molecular complexity index is 668. The first-order chi connectivity index (χ1) is 10.9. The first-order valence-electron chi connectivity index (χ1n) is 7.60. The third-order valence-corrected chi connectivity index (χ3v) is 4.41. The summed E-state index contributed by atoms with van der Waals surface area (Å²) in [5, 5.41) is 2.94. The SMILES string of the molecule is Cc1cc(CC(C)(C)NC(=O)OCc2ccccc2)ccc1Br. The van der Waals surface area contributed by atoms with E-state index in [1.807, 2.05) is 50.2 Å². The Hall–Kier alpha value is -1.81. The van der Waals surface area contributed by atoms with Gasteiger partial charge in [-0.2, -0.15) is 0 Å². The first kappa shape index (κ1) is 17.5. The molecule has 23 heavy (non-hydrogen) atoms. The highest BCUT2D eigenvalue weighted by Crippen LogP contribution is 2.20. The number of benzene rings is 2. The summed E-state index contributed by atoms with van der Waals surface area (Å²) in [6.07, 6.45) is 0.342. The van der Waals surface area contributed by atoms with E-state index in [0.717, 1.165) is 16.5 Å². The maximum absolute atomic E-state index is 12.0. The number of rotatable bonds is 5. The second kappa shape index (κ2) is 7.64. The summed E-state index contributed by atoms with van der Waals surface area (Å²) in [6, 6.07) is 15.9. The van der Waals surface area contributed by atoms with E-state index in [-0.39, 0.29) is 12.1 Å². The molecule has 0 saturated heterocycles. The van der Waals surface area contributed by atoms with Crippen molar-refractivity contribution >= 4 is 22.0 Å². The van der Waals surface area contributed by atoms with Crippen LogP contribution in [0.3, 0.4) is 0 Å². The van der Waals surface area contributed by atoms with Crippen LogP contribution in [0.15, 0.2) is 53.0 Å². The molecule has 2 aromatic rings. The van der Waals surface area contributed by atoms with Crippen LogP contribution < -0.4 is 5.32 Å². The lowest BCUT2D eigenvalue weighted by Crippen LogP contribution is -2.45. The fourth-order valence-corrected chi connectivity index (χ4v) is 2.65.